The van der Waals surface area contributed by atoms with Gasteiger partial charge in [0, 0.05) is 39.3 Å². The summed E-state index contributed by atoms with van der Waals surface area (Å²) in [6.45, 7) is 4.30. The van der Waals surface area contributed by atoms with Crippen molar-refractivity contribution in [1.82, 2.24) is 35.1 Å². The second-order valence-corrected chi connectivity index (χ2v) is 16.2. The largest absolute Gasteiger partial charge is 0.484 e. The molecule has 326 valence electrons. The molecule has 3 amide bonds. The number of pyridine rings is 2. The molecule has 16 heteroatoms. The van der Waals surface area contributed by atoms with Crippen LogP contribution in [0.2, 0.25) is 5.15 Å². The van der Waals surface area contributed by atoms with Crippen LogP contribution >= 0.6 is 11.6 Å². The van der Waals surface area contributed by atoms with Gasteiger partial charge in [0.25, 0.3) is 17.7 Å². The predicted octanol–water partition coefficient (Wildman–Crippen LogP) is 5.13. The Morgan fingerprint density at radius 1 is 0.742 bits per heavy atom. The van der Waals surface area contributed by atoms with E-state index >= 15 is 0 Å². The monoisotopic (exact) mass is 863 g/mol. The van der Waals surface area contributed by atoms with Gasteiger partial charge in [-0.3, -0.25) is 24.4 Å². The lowest BCUT2D eigenvalue weighted by Gasteiger charge is -2.45. The van der Waals surface area contributed by atoms with E-state index in [1.165, 1.54) is 11.1 Å². The molecule has 1 fully saturated rings. The van der Waals surface area contributed by atoms with E-state index in [2.05, 4.69) is 25.3 Å². The maximum Gasteiger partial charge on any atom is 0.274 e. The molecule has 0 radical (unpaired) electrons. The number of carbonyl (C=O) groups excluding carboxylic acids is 3. The van der Waals surface area contributed by atoms with Crippen LogP contribution in [0.4, 0.5) is 11.6 Å². The molecule has 15 nitrogen and oxygen atoms in total. The number of aryl methyl sites for hydroxylation is 2. The van der Waals surface area contributed by atoms with Gasteiger partial charge in [-0.2, -0.15) is 0 Å². The molecule has 4 heterocycles. The first-order valence-corrected chi connectivity index (χ1v) is 21.3. The number of nitrogens with one attached hydrogen (secondary N) is 1. The van der Waals surface area contributed by atoms with Gasteiger partial charge in [-0.25, -0.2) is 9.97 Å². The van der Waals surface area contributed by atoms with Crippen LogP contribution < -0.4 is 26.3 Å². The van der Waals surface area contributed by atoms with Crippen molar-refractivity contribution in [2.75, 3.05) is 65.0 Å². The van der Waals surface area contributed by atoms with Gasteiger partial charge in [-0.05, 0) is 85.3 Å². The third-order valence-corrected chi connectivity index (χ3v) is 11.4. The molecule has 62 heavy (non-hydrogen) atoms. The van der Waals surface area contributed by atoms with Crippen LogP contribution in [0.15, 0.2) is 97.3 Å². The molecule has 0 spiro atoms. The number of nitrogen functional groups attached to an aromatic ring is 2. The molecular formula is C46H56ClN10O5+. The second-order valence-electron chi connectivity index (χ2n) is 15.9. The van der Waals surface area contributed by atoms with E-state index < -0.39 is 5.91 Å². The number of hydrogen-bond donors (Lipinski definition) is 3. The molecule has 1 saturated heterocycles. The number of carbonyl (C=O) groups is 3. The van der Waals surface area contributed by atoms with E-state index in [-0.39, 0.29) is 53.6 Å². The number of ether oxygens (including phenoxy) is 2. The zero-order chi connectivity index (χ0) is 43.9. The summed E-state index contributed by atoms with van der Waals surface area (Å²) in [6, 6.07) is 27.0. The summed E-state index contributed by atoms with van der Waals surface area (Å²) in [6.07, 6.45) is 8.79. The van der Waals surface area contributed by atoms with Gasteiger partial charge in [0.1, 0.15) is 11.5 Å². The number of halogens is 1. The Morgan fingerprint density at radius 2 is 1.26 bits per heavy atom. The van der Waals surface area contributed by atoms with Crippen molar-refractivity contribution in [3.8, 4) is 11.5 Å². The topological polar surface area (TPSA) is 192 Å². The van der Waals surface area contributed by atoms with E-state index in [0.717, 1.165) is 80.6 Å². The number of nitrogens with zero attached hydrogens (tertiary/aromatic N) is 7. The summed E-state index contributed by atoms with van der Waals surface area (Å²) >= 11 is 6.09. The van der Waals surface area contributed by atoms with Gasteiger partial charge in [-0.15, -0.1) is 0 Å². The molecule has 1 aliphatic rings. The van der Waals surface area contributed by atoms with Crippen LogP contribution in [0, 0.1) is 0 Å². The maximum atomic E-state index is 13.4. The van der Waals surface area contributed by atoms with Gasteiger partial charge < -0.3 is 40.5 Å². The van der Waals surface area contributed by atoms with E-state index in [4.69, 9.17) is 32.5 Å². The number of anilines is 2. The Morgan fingerprint density at radius 3 is 1.74 bits per heavy atom. The van der Waals surface area contributed by atoms with Crippen LogP contribution in [0.3, 0.4) is 0 Å². The molecule has 1 aliphatic heterocycles. The fourth-order valence-corrected chi connectivity index (χ4v) is 7.85. The first-order chi connectivity index (χ1) is 29.9. The summed E-state index contributed by atoms with van der Waals surface area (Å²) in [5.74, 6) is 0.503. The van der Waals surface area contributed by atoms with Gasteiger partial charge in [0.15, 0.2) is 35.7 Å². The average Bonchev–Trinajstić information content (AvgIpc) is 3.27. The molecular weight excluding hydrogens is 808 g/mol. The number of benzene rings is 2. The fraction of sp³-hybridized carbons (Fsp3) is 0.370. The summed E-state index contributed by atoms with van der Waals surface area (Å²) in [7, 11) is 3.48. The lowest BCUT2D eigenvalue weighted by atomic mass is 9.99. The minimum atomic E-state index is -0.422. The number of piperidine rings is 1. The second kappa shape index (κ2) is 22.0. The highest BCUT2D eigenvalue weighted by atomic mass is 35.5. The van der Waals surface area contributed by atoms with Gasteiger partial charge in [-0.1, -0.05) is 48.0 Å². The van der Waals surface area contributed by atoms with E-state index in [1.54, 1.807) is 36.3 Å². The van der Waals surface area contributed by atoms with E-state index in [1.807, 2.05) is 84.9 Å². The highest BCUT2D eigenvalue weighted by molar-refractivity contribution is 6.31. The minimum Gasteiger partial charge on any atom is -0.484 e. The number of hydrogen-bond acceptors (Lipinski definition) is 11. The molecule has 5 aromatic rings. The molecule has 3 aromatic heterocycles. The number of likely N-dealkylation sites (tertiary alicyclic amines) is 1. The first kappa shape index (κ1) is 45.2. The van der Waals surface area contributed by atoms with Crippen molar-refractivity contribution < 1.29 is 28.3 Å². The predicted molar refractivity (Wildman–Crippen MR) is 238 cm³/mol. The van der Waals surface area contributed by atoms with Crippen molar-refractivity contribution in [3.05, 3.63) is 131 Å². The normalized spacial score (nSPS) is 14.4. The smallest absolute Gasteiger partial charge is 0.274 e. The van der Waals surface area contributed by atoms with E-state index in [9.17, 15) is 14.4 Å². The van der Waals surface area contributed by atoms with Gasteiger partial charge in [0.05, 0.1) is 56.7 Å². The maximum absolute atomic E-state index is 13.4. The number of nitrogens with two attached hydrogens (primary N) is 2. The third kappa shape index (κ3) is 13.3. The molecule has 1 atom stereocenters. The summed E-state index contributed by atoms with van der Waals surface area (Å²) in [5, 5.41) is 3.10. The highest BCUT2D eigenvalue weighted by Crippen LogP contribution is 2.25. The van der Waals surface area contributed by atoms with Crippen LogP contribution in [-0.2, 0) is 35.5 Å². The summed E-state index contributed by atoms with van der Waals surface area (Å²) in [4.78, 5) is 58.6. The Bertz CT molecular complexity index is 2120. The number of amides is 3. The first-order valence-electron chi connectivity index (χ1n) is 20.9. The lowest BCUT2D eigenvalue weighted by Crippen LogP contribution is -2.60. The molecule has 2 aromatic carbocycles. The van der Waals surface area contributed by atoms with Gasteiger partial charge in [0.2, 0.25) is 0 Å². The number of aromatic nitrogens is 4. The molecule has 1 unspecified atom stereocenters. The van der Waals surface area contributed by atoms with Crippen LogP contribution in [0.5, 0.6) is 11.5 Å². The number of likely N-dealkylation sites (N-methyl/N-ethyl adjacent to an activating group) is 2. The fourth-order valence-electron chi connectivity index (χ4n) is 7.72. The average molecular weight is 864 g/mol. The Kier molecular flexibility index (Phi) is 16.0. The summed E-state index contributed by atoms with van der Waals surface area (Å²) in [5.41, 5.74) is 15.7. The lowest BCUT2D eigenvalue weighted by molar-refractivity contribution is -0.933. The van der Waals surface area contributed by atoms with E-state index in [0.29, 0.717) is 24.6 Å². The molecule has 6 rings (SSSR count). The standard InChI is InChI=1S/C46H55ClN10O5/c1-55(28-35-12-3-5-23-50-35)40(58)31-61-38-19-15-33(16-20-38)10-7-25-57(27-9-14-37(30-57)52-46(60)42-44(48)54-45(49)43(47)53-42)26-8-11-34-17-21-39(22-18-34)62-32-41(59)56(2)29-36-13-4-6-24-51-36/h3-6,12-13,15-24,37H,7-11,14,25-32H2,1-2H3,(H4-,48,49,52,54,60)/p+1. The van der Waals surface area contributed by atoms with Crippen molar-refractivity contribution in [3.63, 3.8) is 0 Å². The Balaban J connectivity index is 1.02. The zero-order valence-corrected chi connectivity index (χ0v) is 36.2. The van der Waals surface area contributed by atoms with Crippen LogP contribution in [0.25, 0.3) is 0 Å². The molecule has 0 aliphatic carbocycles. The molecule has 0 saturated carbocycles. The Labute approximate surface area is 368 Å². The number of rotatable bonds is 20. The molecule has 0 bridgehead atoms. The SMILES string of the molecule is CN(Cc1ccccn1)C(=O)COc1ccc(CCC[N+]2(CCCc3ccc(OCC(=O)N(C)Cc4ccccn4)cc3)CCCC(NC(=O)c3nc(Cl)c(N)nc3N)C2)cc1. The van der Waals surface area contributed by atoms with Crippen LogP contribution in [-0.4, -0.2) is 111 Å². The van der Waals surface area contributed by atoms with Crippen LogP contribution in [0.1, 0.15) is 58.7 Å². The van der Waals surface area contributed by atoms with Crippen molar-refractivity contribution >= 4 is 41.0 Å². The highest BCUT2D eigenvalue weighted by Gasteiger charge is 2.36. The summed E-state index contributed by atoms with van der Waals surface area (Å²) < 4.78 is 12.5. The van der Waals surface area contributed by atoms with Crippen molar-refractivity contribution in [2.45, 2.75) is 57.7 Å². The Hall–Kier alpha value is -6.32. The van der Waals surface area contributed by atoms with Crippen molar-refractivity contribution in [1.29, 1.82) is 0 Å². The van der Waals surface area contributed by atoms with Gasteiger partial charge >= 0.3 is 0 Å². The zero-order valence-electron chi connectivity index (χ0n) is 35.4. The minimum absolute atomic E-state index is 0.0238. The number of quaternary nitrogens is 1. The van der Waals surface area contributed by atoms with Crippen molar-refractivity contribution in [2.24, 2.45) is 0 Å². The quantitative estimate of drug-likeness (QED) is 0.0879. The third-order valence-electron chi connectivity index (χ3n) is 11.1. The molecule has 5 N–H and O–H groups in total.